The molecule has 3 N–H and O–H groups in total. The summed E-state index contributed by atoms with van der Waals surface area (Å²) in [6.45, 7) is 4.84. The summed E-state index contributed by atoms with van der Waals surface area (Å²) >= 11 is 0. The lowest BCUT2D eigenvalue weighted by atomic mass is 10.1. The molecule has 0 saturated heterocycles. The van der Waals surface area contributed by atoms with E-state index in [0.29, 0.717) is 11.5 Å². The molecule has 0 aliphatic carbocycles. The molecule has 3 rings (SSSR count). The molecule has 0 saturated carbocycles. The minimum absolute atomic E-state index is 0.270. The van der Waals surface area contributed by atoms with Crippen LogP contribution in [0.3, 0.4) is 0 Å². The predicted octanol–water partition coefficient (Wildman–Crippen LogP) is 4.19. The summed E-state index contributed by atoms with van der Waals surface area (Å²) in [7, 11) is 0. The largest absolute Gasteiger partial charge is 0.370 e. The average molecular weight is 350 g/mol. The van der Waals surface area contributed by atoms with Gasteiger partial charge in [0.05, 0.1) is 0 Å². The van der Waals surface area contributed by atoms with Gasteiger partial charge in [-0.3, -0.25) is 10.3 Å². The third-order valence-electron chi connectivity index (χ3n) is 3.81. The number of rotatable bonds is 6. The molecule has 134 valence electrons. The molecule has 7 heteroatoms. The number of hydrogen-bond donors (Lipinski definition) is 3. The van der Waals surface area contributed by atoms with Gasteiger partial charge in [0, 0.05) is 41.8 Å². The number of carbonyl (C=O) groups is 1. The molecule has 2 amide bonds. The van der Waals surface area contributed by atoms with Gasteiger partial charge in [-0.25, -0.2) is 9.78 Å². The minimum Gasteiger partial charge on any atom is -0.370 e. The monoisotopic (exact) mass is 350 g/mol. The van der Waals surface area contributed by atoms with Gasteiger partial charge in [-0.15, -0.1) is 0 Å². The highest BCUT2D eigenvalue weighted by atomic mass is 16.2. The summed E-state index contributed by atoms with van der Waals surface area (Å²) < 4.78 is 0. The Labute approximate surface area is 152 Å². The molecule has 0 radical (unpaired) electrons. The molecule has 1 aromatic carbocycles. The van der Waals surface area contributed by atoms with Crippen LogP contribution in [-0.2, 0) is 0 Å². The SMILES string of the molecule is CCCCNc1cc(C)nc(NC(=O)Nc2ccc3cnccc3c2)n1. The number of amides is 2. The zero-order valence-corrected chi connectivity index (χ0v) is 14.9. The zero-order valence-electron chi connectivity index (χ0n) is 14.9. The van der Waals surface area contributed by atoms with E-state index < -0.39 is 0 Å². The first-order valence-electron chi connectivity index (χ1n) is 8.65. The van der Waals surface area contributed by atoms with E-state index in [2.05, 4.69) is 37.8 Å². The first-order valence-corrected chi connectivity index (χ1v) is 8.65. The second-order valence-electron chi connectivity index (χ2n) is 6.02. The second kappa shape index (κ2) is 8.24. The standard InChI is InChI=1S/C19H22N6O/c1-3-4-8-21-17-10-13(2)22-18(24-17)25-19(26)23-16-6-5-15-12-20-9-7-14(15)11-16/h5-7,9-12H,3-4,8H2,1-2H3,(H3,21,22,23,24,25,26). The maximum Gasteiger partial charge on any atom is 0.326 e. The third-order valence-corrected chi connectivity index (χ3v) is 3.81. The lowest BCUT2D eigenvalue weighted by molar-refractivity contribution is 0.262. The van der Waals surface area contributed by atoms with Crippen molar-refractivity contribution in [2.75, 3.05) is 22.5 Å². The Kier molecular flexibility index (Phi) is 5.58. The lowest BCUT2D eigenvalue weighted by Gasteiger charge is -2.10. The van der Waals surface area contributed by atoms with Crippen LogP contribution >= 0.6 is 0 Å². The normalized spacial score (nSPS) is 10.5. The average Bonchev–Trinajstić information content (AvgIpc) is 2.61. The molecule has 0 bridgehead atoms. The van der Waals surface area contributed by atoms with Gasteiger partial charge in [0.25, 0.3) is 0 Å². The van der Waals surface area contributed by atoms with Gasteiger partial charge < -0.3 is 10.6 Å². The Balaban J connectivity index is 1.66. The van der Waals surface area contributed by atoms with E-state index in [-0.39, 0.29) is 12.0 Å². The Bertz CT molecular complexity index is 911. The molecule has 26 heavy (non-hydrogen) atoms. The molecular formula is C19H22N6O. The van der Waals surface area contributed by atoms with Gasteiger partial charge in [-0.1, -0.05) is 19.4 Å². The lowest BCUT2D eigenvalue weighted by Crippen LogP contribution is -2.21. The number of benzene rings is 1. The fourth-order valence-corrected chi connectivity index (χ4v) is 2.53. The van der Waals surface area contributed by atoms with Gasteiger partial charge in [0.1, 0.15) is 5.82 Å². The van der Waals surface area contributed by atoms with Crippen LogP contribution in [0, 0.1) is 6.92 Å². The Morgan fingerprint density at radius 1 is 1.08 bits per heavy atom. The fourth-order valence-electron chi connectivity index (χ4n) is 2.53. The zero-order chi connectivity index (χ0) is 18.4. The number of hydrogen-bond acceptors (Lipinski definition) is 5. The number of anilines is 3. The number of pyridine rings is 1. The highest BCUT2D eigenvalue weighted by Gasteiger charge is 2.08. The van der Waals surface area contributed by atoms with E-state index >= 15 is 0 Å². The molecule has 0 atom stereocenters. The molecular weight excluding hydrogens is 328 g/mol. The molecule has 0 aliphatic rings. The van der Waals surface area contributed by atoms with Crippen molar-refractivity contribution < 1.29 is 4.79 Å². The Morgan fingerprint density at radius 2 is 1.96 bits per heavy atom. The molecule has 2 heterocycles. The van der Waals surface area contributed by atoms with E-state index in [1.807, 2.05) is 37.3 Å². The van der Waals surface area contributed by atoms with Crippen LogP contribution in [-0.4, -0.2) is 27.5 Å². The van der Waals surface area contributed by atoms with Crippen LogP contribution in [0.1, 0.15) is 25.5 Å². The molecule has 0 aliphatic heterocycles. The summed E-state index contributed by atoms with van der Waals surface area (Å²) in [5.41, 5.74) is 1.47. The van der Waals surface area contributed by atoms with Crippen molar-refractivity contribution in [3.63, 3.8) is 0 Å². The summed E-state index contributed by atoms with van der Waals surface area (Å²) in [5, 5.41) is 10.8. The maximum atomic E-state index is 12.3. The molecule has 7 nitrogen and oxygen atoms in total. The van der Waals surface area contributed by atoms with Gasteiger partial charge in [-0.05, 0) is 36.9 Å². The van der Waals surface area contributed by atoms with Crippen LogP contribution < -0.4 is 16.0 Å². The number of aryl methyl sites for hydroxylation is 1. The van der Waals surface area contributed by atoms with Crippen molar-refractivity contribution in [2.24, 2.45) is 0 Å². The maximum absolute atomic E-state index is 12.3. The number of nitrogens with zero attached hydrogens (tertiary/aromatic N) is 3. The summed E-state index contributed by atoms with van der Waals surface area (Å²) in [4.78, 5) is 24.9. The Morgan fingerprint density at radius 3 is 2.81 bits per heavy atom. The van der Waals surface area contributed by atoms with Crippen molar-refractivity contribution >= 4 is 34.3 Å². The number of unbranched alkanes of at least 4 members (excludes halogenated alkanes) is 1. The van der Waals surface area contributed by atoms with Gasteiger partial charge in [-0.2, -0.15) is 4.98 Å². The predicted molar refractivity (Wildman–Crippen MR) is 105 cm³/mol. The van der Waals surface area contributed by atoms with E-state index in [1.54, 1.807) is 12.4 Å². The fraction of sp³-hybridized carbons (Fsp3) is 0.263. The van der Waals surface area contributed by atoms with Crippen molar-refractivity contribution in [2.45, 2.75) is 26.7 Å². The van der Waals surface area contributed by atoms with E-state index in [0.717, 1.165) is 35.9 Å². The van der Waals surface area contributed by atoms with Crippen molar-refractivity contribution in [3.05, 3.63) is 48.4 Å². The Hall–Kier alpha value is -3.22. The van der Waals surface area contributed by atoms with Crippen LogP contribution in [0.15, 0.2) is 42.7 Å². The van der Waals surface area contributed by atoms with Crippen LogP contribution in [0.2, 0.25) is 0 Å². The first-order chi connectivity index (χ1) is 12.6. The minimum atomic E-state index is -0.386. The van der Waals surface area contributed by atoms with Gasteiger partial charge in [0.2, 0.25) is 5.95 Å². The number of nitrogens with one attached hydrogen (secondary N) is 3. The van der Waals surface area contributed by atoms with Crippen LogP contribution in [0.4, 0.5) is 22.2 Å². The highest BCUT2D eigenvalue weighted by Crippen LogP contribution is 2.18. The number of aromatic nitrogens is 3. The summed E-state index contributed by atoms with van der Waals surface area (Å²) in [5.74, 6) is 0.978. The van der Waals surface area contributed by atoms with Gasteiger partial charge >= 0.3 is 6.03 Å². The number of carbonyl (C=O) groups excluding carboxylic acids is 1. The topological polar surface area (TPSA) is 91.8 Å². The van der Waals surface area contributed by atoms with Crippen LogP contribution in [0.25, 0.3) is 10.8 Å². The summed E-state index contributed by atoms with van der Waals surface area (Å²) in [6, 6.07) is 9.01. The molecule has 0 spiro atoms. The molecule has 2 aromatic heterocycles. The molecule has 0 fully saturated rings. The third kappa shape index (κ3) is 4.66. The first kappa shape index (κ1) is 17.6. The second-order valence-corrected chi connectivity index (χ2v) is 6.02. The van der Waals surface area contributed by atoms with E-state index in [1.165, 1.54) is 0 Å². The van der Waals surface area contributed by atoms with Crippen molar-refractivity contribution in [3.8, 4) is 0 Å². The van der Waals surface area contributed by atoms with E-state index in [9.17, 15) is 4.79 Å². The smallest absolute Gasteiger partial charge is 0.326 e. The summed E-state index contributed by atoms with van der Waals surface area (Å²) in [6.07, 6.45) is 5.67. The number of fused-ring (bicyclic) bond motifs is 1. The van der Waals surface area contributed by atoms with Crippen molar-refractivity contribution in [1.29, 1.82) is 0 Å². The number of urea groups is 1. The molecule has 0 unspecified atom stereocenters. The van der Waals surface area contributed by atoms with Crippen molar-refractivity contribution in [1.82, 2.24) is 15.0 Å². The van der Waals surface area contributed by atoms with E-state index in [4.69, 9.17) is 0 Å². The molecule has 3 aromatic rings. The quantitative estimate of drug-likeness (QED) is 0.580. The van der Waals surface area contributed by atoms with Crippen LogP contribution in [0.5, 0.6) is 0 Å². The highest BCUT2D eigenvalue weighted by molar-refractivity contribution is 6.00. The van der Waals surface area contributed by atoms with Gasteiger partial charge in [0.15, 0.2) is 0 Å².